The summed E-state index contributed by atoms with van der Waals surface area (Å²) >= 11 is 0. The van der Waals surface area contributed by atoms with E-state index in [1.165, 1.54) is 23.5 Å². The van der Waals surface area contributed by atoms with Crippen LogP contribution < -0.4 is 5.32 Å². The zero-order chi connectivity index (χ0) is 25.9. The lowest BCUT2D eigenvalue weighted by Gasteiger charge is -2.31. The summed E-state index contributed by atoms with van der Waals surface area (Å²) in [6, 6.07) is 13.1. The van der Waals surface area contributed by atoms with E-state index in [-0.39, 0.29) is 47.8 Å². The first-order valence-electron chi connectivity index (χ1n) is 12.5. The third-order valence-corrected chi connectivity index (χ3v) is 8.87. The average Bonchev–Trinajstić information content (AvgIpc) is 3.07. The van der Waals surface area contributed by atoms with Gasteiger partial charge >= 0.3 is 0 Å². The standard InChI is InChI=1S/C27H33N3O5S/c1-19-12-14-21(15-13-19)18-29(20(2)26(32)28-22-8-4-3-5-9-22)25(31)16-17-30-27(33)23-10-6-7-11-24(23)36(30,34)35/h6-7,10-15,20,22H,3-5,8-9,16-18H2,1-2H3,(H,28,32)/t20-/m0/s1. The van der Waals surface area contributed by atoms with Gasteiger partial charge in [0.2, 0.25) is 11.8 Å². The Morgan fingerprint density at radius 1 is 1.06 bits per heavy atom. The molecule has 0 bridgehead atoms. The molecule has 36 heavy (non-hydrogen) atoms. The zero-order valence-electron chi connectivity index (χ0n) is 20.8. The number of benzene rings is 2. The molecule has 4 rings (SSSR count). The summed E-state index contributed by atoms with van der Waals surface area (Å²) in [6.07, 6.45) is 4.96. The van der Waals surface area contributed by atoms with Crippen LogP contribution in [0.4, 0.5) is 0 Å². The maximum atomic E-state index is 13.4. The molecule has 2 aliphatic rings. The van der Waals surface area contributed by atoms with E-state index >= 15 is 0 Å². The second kappa shape index (κ2) is 10.8. The van der Waals surface area contributed by atoms with Gasteiger partial charge in [-0.2, -0.15) is 0 Å². The Bertz CT molecular complexity index is 1240. The average molecular weight is 512 g/mol. The van der Waals surface area contributed by atoms with E-state index in [9.17, 15) is 22.8 Å². The van der Waals surface area contributed by atoms with E-state index in [0.29, 0.717) is 0 Å². The monoisotopic (exact) mass is 511 g/mol. The summed E-state index contributed by atoms with van der Waals surface area (Å²) in [7, 11) is -4.00. The Hall–Kier alpha value is -3.20. The molecular weight excluding hydrogens is 478 g/mol. The van der Waals surface area contributed by atoms with Gasteiger partial charge in [-0.05, 0) is 44.4 Å². The molecule has 1 saturated carbocycles. The highest BCUT2D eigenvalue weighted by Gasteiger charge is 2.41. The molecule has 8 nitrogen and oxygen atoms in total. The highest BCUT2D eigenvalue weighted by atomic mass is 32.2. The van der Waals surface area contributed by atoms with Crippen LogP contribution in [-0.4, -0.2) is 54.0 Å². The number of nitrogens with zero attached hydrogens (tertiary/aromatic N) is 2. The molecule has 1 N–H and O–H groups in total. The van der Waals surface area contributed by atoms with Crippen molar-refractivity contribution >= 4 is 27.7 Å². The highest BCUT2D eigenvalue weighted by molar-refractivity contribution is 7.90. The van der Waals surface area contributed by atoms with Crippen molar-refractivity contribution in [2.24, 2.45) is 0 Å². The van der Waals surface area contributed by atoms with E-state index in [1.807, 2.05) is 31.2 Å². The van der Waals surface area contributed by atoms with Crippen LogP contribution >= 0.6 is 0 Å². The Balaban J connectivity index is 1.49. The van der Waals surface area contributed by atoms with Crippen molar-refractivity contribution in [2.45, 2.75) is 75.9 Å². The molecule has 1 aliphatic carbocycles. The van der Waals surface area contributed by atoms with Gasteiger partial charge in [-0.25, -0.2) is 12.7 Å². The lowest BCUT2D eigenvalue weighted by molar-refractivity contribution is -0.141. The molecule has 1 aliphatic heterocycles. The first-order chi connectivity index (χ1) is 17.2. The fourth-order valence-electron chi connectivity index (χ4n) is 4.83. The van der Waals surface area contributed by atoms with E-state index in [1.54, 1.807) is 19.1 Å². The summed E-state index contributed by atoms with van der Waals surface area (Å²) in [5.74, 6) is -1.24. The summed E-state index contributed by atoms with van der Waals surface area (Å²) in [6.45, 7) is 3.59. The normalized spacial score (nSPS) is 17.9. The van der Waals surface area contributed by atoms with Gasteiger partial charge in [0.1, 0.15) is 10.9 Å². The van der Waals surface area contributed by atoms with Gasteiger partial charge in [0.15, 0.2) is 0 Å². The van der Waals surface area contributed by atoms with Gasteiger partial charge in [0, 0.05) is 25.6 Å². The van der Waals surface area contributed by atoms with Crippen molar-refractivity contribution in [2.75, 3.05) is 6.54 Å². The third-order valence-electron chi connectivity index (χ3n) is 7.03. The fourth-order valence-corrected chi connectivity index (χ4v) is 6.40. The largest absolute Gasteiger partial charge is 0.352 e. The Morgan fingerprint density at radius 3 is 2.39 bits per heavy atom. The van der Waals surface area contributed by atoms with E-state index in [4.69, 9.17) is 0 Å². The fraction of sp³-hybridized carbons (Fsp3) is 0.444. The van der Waals surface area contributed by atoms with Gasteiger partial charge in [0.25, 0.3) is 15.9 Å². The van der Waals surface area contributed by atoms with Gasteiger partial charge in [-0.3, -0.25) is 14.4 Å². The van der Waals surface area contributed by atoms with Crippen molar-refractivity contribution in [3.63, 3.8) is 0 Å². The molecule has 1 atom stereocenters. The van der Waals surface area contributed by atoms with Crippen molar-refractivity contribution in [3.8, 4) is 0 Å². The van der Waals surface area contributed by atoms with Crippen LogP contribution in [0, 0.1) is 6.92 Å². The van der Waals surface area contributed by atoms with Crippen LogP contribution in [0.2, 0.25) is 0 Å². The topological polar surface area (TPSA) is 104 Å². The lowest BCUT2D eigenvalue weighted by Crippen LogP contribution is -2.50. The summed E-state index contributed by atoms with van der Waals surface area (Å²) in [4.78, 5) is 40.7. The molecule has 9 heteroatoms. The first kappa shape index (κ1) is 25.9. The number of carbonyl (C=O) groups is 3. The number of hydrogen-bond donors (Lipinski definition) is 1. The number of aryl methyl sites for hydroxylation is 1. The number of carbonyl (C=O) groups excluding carboxylic acids is 3. The first-order valence-corrected chi connectivity index (χ1v) is 13.9. The van der Waals surface area contributed by atoms with Crippen LogP contribution in [0.3, 0.4) is 0 Å². The smallest absolute Gasteiger partial charge is 0.269 e. The SMILES string of the molecule is Cc1ccc(CN(C(=O)CCN2C(=O)c3ccccc3S2(=O)=O)[C@@H](C)C(=O)NC2CCCCC2)cc1. The minimum Gasteiger partial charge on any atom is -0.352 e. The van der Waals surface area contributed by atoms with E-state index in [0.717, 1.165) is 41.1 Å². The second-order valence-electron chi connectivity index (χ2n) is 9.66. The van der Waals surface area contributed by atoms with Gasteiger partial charge in [-0.1, -0.05) is 61.2 Å². The van der Waals surface area contributed by atoms with Crippen molar-refractivity contribution in [1.82, 2.24) is 14.5 Å². The van der Waals surface area contributed by atoms with Crippen LogP contribution in [0.5, 0.6) is 0 Å². The number of sulfonamides is 1. The molecule has 1 fully saturated rings. The molecule has 2 aromatic rings. The number of hydrogen-bond acceptors (Lipinski definition) is 5. The predicted molar refractivity (Wildman–Crippen MR) is 135 cm³/mol. The Labute approximate surface area is 212 Å². The summed E-state index contributed by atoms with van der Waals surface area (Å²) < 4.78 is 26.5. The minimum atomic E-state index is -4.00. The van der Waals surface area contributed by atoms with Crippen LogP contribution in [0.1, 0.15) is 66.9 Å². The molecule has 0 aromatic heterocycles. The van der Waals surface area contributed by atoms with Crippen LogP contribution in [0.15, 0.2) is 53.4 Å². The number of amides is 3. The lowest BCUT2D eigenvalue weighted by atomic mass is 9.95. The Kier molecular flexibility index (Phi) is 7.78. The van der Waals surface area contributed by atoms with Gasteiger partial charge in [0.05, 0.1) is 5.56 Å². The summed E-state index contributed by atoms with van der Waals surface area (Å²) in [5, 5.41) is 3.08. The second-order valence-corrected chi connectivity index (χ2v) is 11.5. The molecule has 0 spiro atoms. The molecule has 2 aromatic carbocycles. The maximum Gasteiger partial charge on any atom is 0.269 e. The van der Waals surface area contributed by atoms with Crippen LogP contribution in [0.25, 0.3) is 0 Å². The minimum absolute atomic E-state index is 0.0424. The molecule has 0 saturated heterocycles. The number of rotatable bonds is 8. The van der Waals surface area contributed by atoms with Gasteiger partial charge < -0.3 is 10.2 Å². The van der Waals surface area contributed by atoms with E-state index < -0.39 is 22.0 Å². The predicted octanol–water partition coefficient (Wildman–Crippen LogP) is 3.40. The molecule has 0 unspecified atom stereocenters. The van der Waals surface area contributed by atoms with Crippen LogP contribution in [-0.2, 0) is 26.2 Å². The third kappa shape index (κ3) is 5.46. The van der Waals surface area contributed by atoms with Gasteiger partial charge in [-0.15, -0.1) is 0 Å². The Morgan fingerprint density at radius 2 is 1.72 bits per heavy atom. The zero-order valence-corrected chi connectivity index (χ0v) is 21.6. The molecule has 0 radical (unpaired) electrons. The molecule has 3 amide bonds. The molecule has 192 valence electrons. The maximum absolute atomic E-state index is 13.4. The van der Waals surface area contributed by atoms with Crippen molar-refractivity contribution in [3.05, 3.63) is 65.2 Å². The number of fused-ring (bicyclic) bond motifs is 1. The number of nitrogens with one attached hydrogen (secondary N) is 1. The quantitative estimate of drug-likeness (QED) is 0.585. The van der Waals surface area contributed by atoms with E-state index in [2.05, 4.69) is 5.32 Å². The summed E-state index contributed by atoms with van der Waals surface area (Å²) in [5.41, 5.74) is 2.06. The highest BCUT2D eigenvalue weighted by Crippen LogP contribution is 2.30. The van der Waals surface area contributed by atoms with Crippen molar-refractivity contribution < 1.29 is 22.8 Å². The molecule has 1 heterocycles. The molecular formula is C27H33N3O5S. The van der Waals surface area contributed by atoms with Crippen molar-refractivity contribution in [1.29, 1.82) is 0 Å².